The van der Waals surface area contributed by atoms with Gasteiger partial charge in [0.05, 0.1) is 0 Å². The van der Waals surface area contributed by atoms with Crippen molar-refractivity contribution in [2.75, 3.05) is 7.11 Å². The van der Waals surface area contributed by atoms with E-state index in [1.807, 2.05) is 0 Å². The van der Waals surface area contributed by atoms with Crippen LogP contribution in [0.15, 0.2) is 0 Å². The molecule has 0 radical (unpaired) electrons. The van der Waals surface area contributed by atoms with E-state index < -0.39 is 6.29 Å². The molecule has 0 rings (SSSR count). The number of hydrogen-bond donors (Lipinski definition) is 0. The molecule has 2 atom stereocenters. The summed E-state index contributed by atoms with van der Waals surface area (Å²) in [6.07, 6.45) is -0.549. The van der Waals surface area contributed by atoms with Gasteiger partial charge in [0, 0.05) is 13.5 Å². The molecule has 0 aliphatic heterocycles. The molecule has 0 aromatic rings. The minimum atomic E-state index is -0.549. The van der Waals surface area contributed by atoms with E-state index in [0.29, 0.717) is 6.42 Å². The monoisotopic (exact) mass is 176 g/mol. The van der Waals surface area contributed by atoms with Gasteiger partial charge in [-0.1, -0.05) is 6.92 Å². The van der Waals surface area contributed by atoms with E-state index in [-0.39, 0.29) is 12.3 Å². The topological polar surface area (TPSA) is 44.8 Å². The van der Waals surface area contributed by atoms with E-state index in [0.717, 1.165) is 0 Å². The van der Waals surface area contributed by atoms with Gasteiger partial charge in [-0.2, -0.15) is 0 Å². The Labute approximate surface area is 72.8 Å². The first-order chi connectivity index (χ1) is 5.60. The third-order valence-corrected chi connectivity index (χ3v) is 1.30. The number of rotatable bonds is 5. The van der Waals surface area contributed by atoms with Crippen LogP contribution in [-0.4, -0.2) is 25.7 Å². The number of carbonyl (C=O) groups is 1. The molecule has 0 aliphatic rings. The van der Waals surface area contributed by atoms with Crippen LogP contribution in [0.1, 0.15) is 27.2 Å². The van der Waals surface area contributed by atoms with Gasteiger partial charge in [-0.05, 0) is 13.8 Å². The zero-order valence-corrected chi connectivity index (χ0v) is 7.99. The number of esters is 1. The molecule has 0 saturated carbocycles. The summed E-state index contributed by atoms with van der Waals surface area (Å²) in [6.45, 7) is 5.12. The molecule has 0 spiro atoms. The first-order valence-corrected chi connectivity index (χ1v) is 3.97. The number of ether oxygens (including phenoxy) is 3. The summed E-state index contributed by atoms with van der Waals surface area (Å²) < 4.78 is 14.8. The van der Waals surface area contributed by atoms with Crippen LogP contribution >= 0.6 is 0 Å². The van der Waals surface area contributed by atoms with Gasteiger partial charge in [0.1, 0.15) is 0 Å². The van der Waals surface area contributed by atoms with Crippen molar-refractivity contribution in [3.63, 3.8) is 0 Å². The van der Waals surface area contributed by atoms with E-state index in [2.05, 4.69) is 0 Å². The molecule has 0 heterocycles. The third-order valence-electron chi connectivity index (χ3n) is 1.30. The molecule has 4 heteroatoms. The summed E-state index contributed by atoms with van der Waals surface area (Å²) in [5.41, 5.74) is 0. The summed E-state index contributed by atoms with van der Waals surface area (Å²) in [7, 11) is 1.53. The second-order valence-electron chi connectivity index (χ2n) is 2.35. The molecule has 0 amide bonds. The highest BCUT2D eigenvalue weighted by molar-refractivity contribution is 5.68. The molecule has 12 heavy (non-hydrogen) atoms. The van der Waals surface area contributed by atoms with Crippen molar-refractivity contribution in [2.45, 2.75) is 39.8 Å². The summed E-state index contributed by atoms with van der Waals surface area (Å²) in [6, 6.07) is 0. The molecular formula is C8H16O4. The number of carbonyl (C=O) groups excluding carboxylic acids is 1. The van der Waals surface area contributed by atoms with Crippen molar-refractivity contribution < 1.29 is 19.0 Å². The first kappa shape index (κ1) is 11.4. The highest BCUT2D eigenvalue weighted by Crippen LogP contribution is 2.01. The van der Waals surface area contributed by atoms with Gasteiger partial charge in [0.2, 0.25) is 6.29 Å². The number of methoxy groups -OCH3 is 1. The summed E-state index contributed by atoms with van der Waals surface area (Å²) in [5, 5.41) is 0. The van der Waals surface area contributed by atoms with Crippen molar-refractivity contribution in [3.8, 4) is 0 Å². The van der Waals surface area contributed by atoms with Crippen molar-refractivity contribution >= 4 is 5.97 Å². The predicted molar refractivity (Wildman–Crippen MR) is 43.4 cm³/mol. The molecule has 4 nitrogen and oxygen atoms in total. The molecular weight excluding hydrogens is 160 g/mol. The lowest BCUT2D eigenvalue weighted by Crippen LogP contribution is -2.23. The molecule has 0 aliphatic carbocycles. The van der Waals surface area contributed by atoms with Crippen LogP contribution in [0.5, 0.6) is 0 Å². The third kappa shape index (κ3) is 5.09. The second-order valence-corrected chi connectivity index (χ2v) is 2.35. The molecule has 0 aromatic carbocycles. The Bertz CT molecular complexity index is 135. The van der Waals surface area contributed by atoms with Gasteiger partial charge in [-0.3, -0.25) is 4.79 Å². The largest absolute Gasteiger partial charge is 0.436 e. The molecule has 0 N–H and O–H groups in total. The molecule has 0 fully saturated rings. The molecule has 72 valence electrons. The van der Waals surface area contributed by atoms with Gasteiger partial charge >= 0.3 is 5.97 Å². The van der Waals surface area contributed by atoms with Crippen LogP contribution in [0.3, 0.4) is 0 Å². The summed E-state index contributed by atoms with van der Waals surface area (Å²) >= 11 is 0. The van der Waals surface area contributed by atoms with Gasteiger partial charge in [0.15, 0.2) is 6.29 Å². The Balaban J connectivity index is 3.58. The van der Waals surface area contributed by atoms with Crippen LogP contribution in [0.2, 0.25) is 0 Å². The summed E-state index contributed by atoms with van der Waals surface area (Å²) in [4.78, 5) is 10.7. The van der Waals surface area contributed by atoms with E-state index in [4.69, 9.17) is 14.2 Å². The van der Waals surface area contributed by atoms with E-state index in [1.54, 1.807) is 20.8 Å². The van der Waals surface area contributed by atoms with Crippen molar-refractivity contribution in [1.29, 1.82) is 0 Å². The van der Waals surface area contributed by atoms with Gasteiger partial charge in [-0.25, -0.2) is 0 Å². The van der Waals surface area contributed by atoms with Crippen molar-refractivity contribution in [2.24, 2.45) is 0 Å². The molecule has 0 saturated heterocycles. The lowest BCUT2D eigenvalue weighted by atomic mass is 10.5. The van der Waals surface area contributed by atoms with E-state index >= 15 is 0 Å². The molecule has 0 bridgehead atoms. The normalized spacial score (nSPS) is 15.3. The minimum absolute atomic E-state index is 0.272. The Morgan fingerprint density at radius 3 is 2.33 bits per heavy atom. The smallest absolute Gasteiger partial charge is 0.307 e. The molecule has 2 unspecified atom stereocenters. The highest BCUT2D eigenvalue weighted by Gasteiger charge is 2.10. The van der Waals surface area contributed by atoms with Gasteiger partial charge < -0.3 is 14.2 Å². The predicted octanol–water partition coefficient (Wildman–Crippen LogP) is 1.29. The fourth-order valence-electron chi connectivity index (χ4n) is 0.622. The lowest BCUT2D eigenvalue weighted by molar-refractivity contribution is -0.222. The zero-order chi connectivity index (χ0) is 9.56. The average Bonchev–Trinajstić information content (AvgIpc) is 2.03. The Kier molecular flexibility index (Phi) is 5.66. The van der Waals surface area contributed by atoms with Crippen LogP contribution in [0, 0.1) is 0 Å². The maximum absolute atomic E-state index is 10.7. The van der Waals surface area contributed by atoms with Crippen molar-refractivity contribution in [1.82, 2.24) is 0 Å². The first-order valence-electron chi connectivity index (χ1n) is 3.97. The maximum Gasteiger partial charge on any atom is 0.307 e. The fourth-order valence-corrected chi connectivity index (χ4v) is 0.622. The van der Waals surface area contributed by atoms with Gasteiger partial charge in [-0.15, -0.1) is 0 Å². The zero-order valence-electron chi connectivity index (χ0n) is 7.99. The number of hydrogen-bond acceptors (Lipinski definition) is 4. The standard InChI is InChI=1S/C8H16O4/c1-5-8(9)12-7(3)11-6(2)10-4/h6-7H,5H2,1-4H3. The van der Waals surface area contributed by atoms with Crippen LogP contribution < -0.4 is 0 Å². The molecule has 0 aromatic heterocycles. The van der Waals surface area contributed by atoms with Crippen LogP contribution in [0.25, 0.3) is 0 Å². The summed E-state index contributed by atoms with van der Waals surface area (Å²) in [5.74, 6) is -0.272. The quantitative estimate of drug-likeness (QED) is 0.467. The van der Waals surface area contributed by atoms with Crippen LogP contribution in [0.4, 0.5) is 0 Å². The Morgan fingerprint density at radius 2 is 1.92 bits per heavy atom. The van der Waals surface area contributed by atoms with E-state index in [1.165, 1.54) is 7.11 Å². The van der Waals surface area contributed by atoms with Crippen LogP contribution in [-0.2, 0) is 19.0 Å². The lowest BCUT2D eigenvalue weighted by Gasteiger charge is -2.17. The maximum atomic E-state index is 10.7. The van der Waals surface area contributed by atoms with E-state index in [9.17, 15) is 4.79 Å². The minimum Gasteiger partial charge on any atom is -0.436 e. The second kappa shape index (κ2) is 5.97. The Hall–Kier alpha value is -0.610. The van der Waals surface area contributed by atoms with Crippen molar-refractivity contribution in [3.05, 3.63) is 0 Å². The van der Waals surface area contributed by atoms with Gasteiger partial charge in [0.25, 0.3) is 0 Å². The fraction of sp³-hybridized carbons (Fsp3) is 0.875. The SMILES string of the molecule is CCC(=O)OC(C)OC(C)OC. The highest BCUT2D eigenvalue weighted by atomic mass is 16.8. The average molecular weight is 176 g/mol. The Morgan fingerprint density at radius 1 is 1.33 bits per heavy atom.